The van der Waals surface area contributed by atoms with Crippen LogP contribution in [0.5, 0.6) is 0 Å². The van der Waals surface area contributed by atoms with Crippen molar-refractivity contribution in [3.63, 3.8) is 0 Å². The minimum Gasteiger partial charge on any atom is -0.398 e. The number of amides is 2. The number of hydrogen-bond acceptors (Lipinski definition) is 5. The highest BCUT2D eigenvalue weighted by Gasteiger charge is 2.29. The van der Waals surface area contributed by atoms with Crippen molar-refractivity contribution in [3.05, 3.63) is 41.1 Å². The van der Waals surface area contributed by atoms with Crippen LogP contribution in [0.4, 0.5) is 27.7 Å². The molecular formula is C23H26N6O. The Morgan fingerprint density at radius 3 is 2.77 bits per heavy atom. The molecule has 0 atom stereocenters. The number of anilines is 4. The number of carbonyl (C=O) groups is 1. The number of hydrogen-bond donors (Lipinski definition) is 2. The van der Waals surface area contributed by atoms with Crippen LogP contribution in [0.15, 0.2) is 29.4 Å². The molecule has 30 heavy (non-hydrogen) atoms. The number of aryl methyl sites for hydroxylation is 1. The average Bonchev–Trinajstić information content (AvgIpc) is 2.99. The molecule has 7 heteroatoms. The van der Waals surface area contributed by atoms with Crippen LogP contribution in [0.1, 0.15) is 29.5 Å². The highest BCUT2D eigenvalue weighted by Crippen LogP contribution is 2.34. The monoisotopic (exact) mass is 402 g/mol. The Hall–Kier alpha value is -3.53. The predicted molar refractivity (Wildman–Crippen MR) is 123 cm³/mol. The largest absolute Gasteiger partial charge is 0.398 e. The molecule has 2 aliphatic heterocycles. The van der Waals surface area contributed by atoms with E-state index in [1.54, 1.807) is 24.4 Å². The second-order valence-corrected chi connectivity index (χ2v) is 7.49. The maximum absolute atomic E-state index is 13.1. The topological polar surface area (TPSA) is 86.9 Å². The average molecular weight is 403 g/mol. The maximum Gasteiger partial charge on any atom is 0.327 e. The molecule has 0 saturated carbocycles. The molecular weight excluding hydrogens is 376 g/mol. The Morgan fingerprint density at radius 2 is 2.03 bits per heavy atom. The van der Waals surface area contributed by atoms with Gasteiger partial charge in [0.2, 0.25) is 0 Å². The Kier molecular flexibility index (Phi) is 5.57. The standard InChI is InChI=1S/C23H26N6O/c1-16-13-18(14-17(15-25-2)21(16)24)27-23(30)29-12-8-19-20(7-9-26-22(19)29)28-10-5-3-4-6-11-28/h7,9,13-15H,5-6,8,10-12,24H2,1-2H3,(H,27,30). The Bertz CT molecular complexity index is 1050. The van der Waals surface area contributed by atoms with Crippen LogP contribution in [0.2, 0.25) is 0 Å². The number of aromatic nitrogens is 1. The lowest BCUT2D eigenvalue weighted by Gasteiger charge is -2.25. The van der Waals surface area contributed by atoms with E-state index in [-0.39, 0.29) is 6.03 Å². The number of rotatable bonds is 3. The quantitative estimate of drug-likeness (QED) is 0.469. The zero-order valence-corrected chi connectivity index (χ0v) is 17.4. The fourth-order valence-corrected chi connectivity index (χ4v) is 4.01. The first-order valence-corrected chi connectivity index (χ1v) is 10.2. The number of pyridine rings is 1. The molecule has 0 aliphatic carbocycles. The van der Waals surface area contributed by atoms with Gasteiger partial charge in [0.25, 0.3) is 0 Å². The molecule has 2 amide bonds. The normalized spacial score (nSPS) is 15.5. The minimum atomic E-state index is -0.193. The first-order chi connectivity index (χ1) is 14.6. The van der Waals surface area contributed by atoms with Crippen molar-refractivity contribution in [1.29, 1.82) is 0 Å². The molecule has 4 rings (SSSR count). The highest BCUT2D eigenvalue weighted by atomic mass is 16.2. The molecule has 154 valence electrons. The Balaban J connectivity index is 1.56. The number of nitrogens with zero attached hydrogens (tertiary/aromatic N) is 4. The van der Waals surface area contributed by atoms with E-state index in [0.717, 1.165) is 60.5 Å². The van der Waals surface area contributed by atoms with Gasteiger partial charge < -0.3 is 16.0 Å². The van der Waals surface area contributed by atoms with E-state index >= 15 is 0 Å². The molecule has 1 aromatic heterocycles. The van der Waals surface area contributed by atoms with E-state index in [0.29, 0.717) is 17.9 Å². The fourth-order valence-electron chi connectivity index (χ4n) is 4.01. The zero-order valence-electron chi connectivity index (χ0n) is 17.4. The van der Waals surface area contributed by atoms with Crippen molar-refractivity contribution >= 4 is 35.1 Å². The van der Waals surface area contributed by atoms with Crippen molar-refractivity contribution in [1.82, 2.24) is 4.98 Å². The zero-order chi connectivity index (χ0) is 21.1. The van der Waals surface area contributed by atoms with Crippen LogP contribution in [0.25, 0.3) is 0 Å². The van der Waals surface area contributed by atoms with Crippen LogP contribution >= 0.6 is 0 Å². The van der Waals surface area contributed by atoms with Crippen molar-refractivity contribution in [2.75, 3.05) is 47.5 Å². The van der Waals surface area contributed by atoms with Gasteiger partial charge in [0, 0.05) is 80.1 Å². The molecule has 0 bridgehead atoms. The molecule has 1 aromatic carbocycles. The van der Waals surface area contributed by atoms with E-state index in [1.807, 2.05) is 25.1 Å². The minimum absolute atomic E-state index is 0.193. The number of nitrogens with two attached hydrogens (primary N) is 1. The van der Waals surface area contributed by atoms with Crippen molar-refractivity contribution in [2.24, 2.45) is 4.99 Å². The van der Waals surface area contributed by atoms with Crippen LogP contribution in [-0.4, -0.2) is 43.9 Å². The third-order valence-electron chi connectivity index (χ3n) is 5.51. The third-order valence-corrected chi connectivity index (χ3v) is 5.51. The fraction of sp³-hybridized carbons (Fsp3) is 0.348. The van der Waals surface area contributed by atoms with Crippen LogP contribution in [-0.2, 0) is 6.42 Å². The second kappa shape index (κ2) is 8.46. The molecule has 0 saturated heterocycles. The van der Waals surface area contributed by atoms with Crippen LogP contribution < -0.4 is 20.9 Å². The number of nitrogen functional groups attached to an aromatic ring is 1. The Morgan fingerprint density at radius 1 is 1.27 bits per heavy atom. The van der Waals surface area contributed by atoms with Gasteiger partial charge in [0.15, 0.2) is 0 Å². The highest BCUT2D eigenvalue weighted by molar-refractivity contribution is 6.04. The molecule has 0 fully saturated rings. The smallest absolute Gasteiger partial charge is 0.327 e. The lowest BCUT2D eigenvalue weighted by Crippen LogP contribution is -2.34. The maximum atomic E-state index is 13.1. The van der Waals surface area contributed by atoms with E-state index in [1.165, 1.54) is 0 Å². The summed E-state index contributed by atoms with van der Waals surface area (Å²) in [6.07, 6.45) is 6.00. The van der Waals surface area contributed by atoms with Gasteiger partial charge >= 0.3 is 6.03 Å². The predicted octanol–water partition coefficient (Wildman–Crippen LogP) is 3.22. The summed E-state index contributed by atoms with van der Waals surface area (Å²) in [6.45, 7) is 4.33. The van der Waals surface area contributed by atoms with Gasteiger partial charge in [0.1, 0.15) is 5.82 Å². The van der Waals surface area contributed by atoms with E-state index < -0.39 is 0 Å². The van der Waals surface area contributed by atoms with E-state index in [9.17, 15) is 4.79 Å². The van der Waals surface area contributed by atoms with Crippen molar-refractivity contribution in [2.45, 2.75) is 26.2 Å². The first kappa shape index (κ1) is 19.8. The molecule has 0 unspecified atom stereocenters. The number of urea groups is 1. The molecule has 3 N–H and O–H groups in total. The van der Waals surface area contributed by atoms with E-state index in [2.05, 4.69) is 32.0 Å². The van der Waals surface area contributed by atoms with Gasteiger partial charge in [-0.3, -0.25) is 9.89 Å². The van der Waals surface area contributed by atoms with Gasteiger partial charge in [-0.15, -0.1) is 11.8 Å². The molecule has 2 aliphatic rings. The van der Waals surface area contributed by atoms with Gasteiger partial charge in [-0.05, 0) is 37.1 Å². The summed E-state index contributed by atoms with van der Waals surface area (Å²) in [5.41, 5.74) is 11.4. The summed E-state index contributed by atoms with van der Waals surface area (Å²) in [5, 5.41) is 3.00. The van der Waals surface area contributed by atoms with Gasteiger partial charge in [0.05, 0.1) is 0 Å². The van der Waals surface area contributed by atoms with Crippen LogP contribution in [0, 0.1) is 18.8 Å². The summed E-state index contributed by atoms with van der Waals surface area (Å²) in [6, 6.07) is 5.57. The summed E-state index contributed by atoms with van der Waals surface area (Å²) >= 11 is 0. The van der Waals surface area contributed by atoms with E-state index in [4.69, 9.17) is 5.73 Å². The van der Waals surface area contributed by atoms with Gasteiger partial charge in [-0.2, -0.15) is 0 Å². The summed E-state index contributed by atoms with van der Waals surface area (Å²) in [7, 11) is 1.70. The SMILES string of the molecule is CN=Cc1cc(NC(=O)N2CCc3c(N4CCC#CCC4)ccnc32)cc(C)c1N. The molecule has 7 nitrogen and oxygen atoms in total. The first-order valence-electron chi connectivity index (χ1n) is 10.2. The molecule has 0 radical (unpaired) electrons. The van der Waals surface area contributed by atoms with Gasteiger partial charge in [-0.1, -0.05) is 0 Å². The third kappa shape index (κ3) is 3.81. The summed E-state index contributed by atoms with van der Waals surface area (Å²) < 4.78 is 0. The lowest BCUT2D eigenvalue weighted by atomic mass is 10.1. The van der Waals surface area contributed by atoms with Gasteiger partial charge in [-0.25, -0.2) is 9.78 Å². The van der Waals surface area contributed by atoms with Crippen molar-refractivity contribution < 1.29 is 4.79 Å². The number of aliphatic imine (C=N–C) groups is 1. The number of nitrogens with one attached hydrogen (secondary N) is 1. The number of fused-ring (bicyclic) bond motifs is 1. The van der Waals surface area contributed by atoms with Crippen molar-refractivity contribution in [3.8, 4) is 11.8 Å². The summed E-state index contributed by atoms with van der Waals surface area (Å²) in [5.74, 6) is 7.12. The molecule has 3 heterocycles. The molecule has 2 aromatic rings. The summed E-state index contributed by atoms with van der Waals surface area (Å²) in [4.78, 5) is 25.7. The number of carbonyl (C=O) groups excluding carboxylic acids is 1. The van der Waals surface area contributed by atoms with Crippen LogP contribution in [0.3, 0.4) is 0 Å². The number of benzene rings is 1. The lowest BCUT2D eigenvalue weighted by molar-refractivity contribution is 0.257. The second-order valence-electron chi connectivity index (χ2n) is 7.49. The Labute approximate surface area is 177 Å². The molecule has 0 spiro atoms.